The Hall–Kier alpha value is -3.96. The molecule has 3 aromatic rings. The van der Waals surface area contributed by atoms with Crippen molar-refractivity contribution >= 4 is 62.2 Å². The number of thioether (sulfide) groups is 1. The molecular weight excluding hydrogens is 562 g/mol. The number of non-ortho nitro benzene ring substituents is 1. The van der Waals surface area contributed by atoms with Gasteiger partial charge in [0, 0.05) is 28.7 Å². The lowest BCUT2D eigenvalue weighted by atomic mass is 10.1. The Morgan fingerprint density at radius 3 is 2.49 bits per heavy atom. The van der Waals surface area contributed by atoms with E-state index in [1.165, 1.54) is 36.0 Å². The number of hydrogen-bond donors (Lipinski definition) is 1. The SMILES string of the molecule is CCN1C(=O)/C(=C/c2cc(Br)ccc2OCc2ccc([N+](=O)[O-])cc2)SC1=Nc1ccc(C(=O)O)cc1. The molecule has 0 saturated carbocycles. The summed E-state index contributed by atoms with van der Waals surface area (Å²) in [6.45, 7) is 2.45. The lowest BCUT2D eigenvalue weighted by Gasteiger charge is -2.12. The lowest BCUT2D eigenvalue weighted by molar-refractivity contribution is -0.384. The van der Waals surface area contributed by atoms with Crippen LogP contribution in [0.25, 0.3) is 6.08 Å². The van der Waals surface area contributed by atoms with E-state index in [9.17, 15) is 19.7 Å². The minimum absolute atomic E-state index is 0.00496. The summed E-state index contributed by atoms with van der Waals surface area (Å²) >= 11 is 4.68. The van der Waals surface area contributed by atoms with Gasteiger partial charge in [-0.05, 0) is 84.9 Å². The summed E-state index contributed by atoms with van der Waals surface area (Å²) in [5, 5.41) is 20.4. The van der Waals surface area contributed by atoms with Gasteiger partial charge >= 0.3 is 5.97 Å². The number of hydrogen-bond acceptors (Lipinski definition) is 7. The minimum Gasteiger partial charge on any atom is -0.488 e. The predicted molar refractivity (Wildman–Crippen MR) is 145 cm³/mol. The monoisotopic (exact) mass is 581 g/mol. The van der Waals surface area contributed by atoms with Crippen LogP contribution in [-0.4, -0.2) is 38.5 Å². The number of nitrogens with zero attached hydrogens (tertiary/aromatic N) is 3. The second kappa shape index (κ2) is 11.4. The van der Waals surface area contributed by atoms with Gasteiger partial charge in [-0.3, -0.25) is 19.8 Å². The molecule has 0 radical (unpaired) electrons. The summed E-state index contributed by atoms with van der Waals surface area (Å²) in [4.78, 5) is 41.2. The topological polar surface area (TPSA) is 122 Å². The normalized spacial score (nSPS) is 15.4. The van der Waals surface area contributed by atoms with Gasteiger partial charge in [-0.1, -0.05) is 15.9 Å². The van der Waals surface area contributed by atoms with Crippen molar-refractivity contribution in [3.8, 4) is 5.75 Å². The molecule has 11 heteroatoms. The lowest BCUT2D eigenvalue weighted by Crippen LogP contribution is -2.28. The maximum absolute atomic E-state index is 13.1. The first-order valence-electron chi connectivity index (χ1n) is 11.0. The quantitative estimate of drug-likeness (QED) is 0.189. The fourth-order valence-corrected chi connectivity index (χ4v) is 4.87. The van der Waals surface area contributed by atoms with E-state index in [1.807, 2.05) is 19.1 Å². The van der Waals surface area contributed by atoms with E-state index >= 15 is 0 Å². The summed E-state index contributed by atoms with van der Waals surface area (Å²) < 4.78 is 6.79. The van der Waals surface area contributed by atoms with Gasteiger partial charge in [0.15, 0.2) is 5.17 Å². The number of carbonyl (C=O) groups excluding carboxylic acids is 1. The zero-order chi connectivity index (χ0) is 26.5. The number of ether oxygens (including phenoxy) is 1. The summed E-state index contributed by atoms with van der Waals surface area (Å²) in [5.41, 5.74) is 2.14. The molecule has 1 aliphatic rings. The third kappa shape index (κ3) is 6.25. The van der Waals surface area contributed by atoms with Crippen LogP contribution in [-0.2, 0) is 11.4 Å². The van der Waals surface area contributed by atoms with Crippen LogP contribution in [0.1, 0.15) is 28.4 Å². The van der Waals surface area contributed by atoms with E-state index in [-0.39, 0.29) is 23.8 Å². The molecule has 1 fully saturated rings. The van der Waals surface area contributed by atoms with Gasteiger partial charge in [0.25, 0.3) is 11.6 Å². The van der Waals surface area contributed by atoms with E-state index in [1.54, 1.807) is 41.3 Å². The van der Waals surface area contributed by atoms with Crippen LogP contribution in [0.15, 0.2) is 81.1 Å². The van der Waals surface area contributed by atoms with E-state index in [2.05, 4.69) is 20.9 Å². The molecule has 0 bridgehead atoms. The Labute approximate surface area is 224 Å². The molecule has 4 rings (SSSR count). The molecule has 1 saturated heterocycles. The maximum Gasteiger partial charge on any atom is 0.335 e. The number of aliphatic imine (C=N–C) groups is 1. The predicted octanol–water partition coefficient (Wildman–Crippen LogP) is 6.26. The van der Waals surface area contributed by atoms with Crippen LogP contribution in [0.5, 0.6) is 5.75 Å². The standard InChI is InChI=1S/C26H20BrN3O6S/c1-2-29-24(31)23(37-26(29)28-20-8-5-17(6-9-20)25(32)33)14-18-13-19(27)7-12-22(18)36-15-16-3-10-21(11-4-16)30(34)35/h3-14H,2,15H2,1H3,(H,32,33)/b23-14-,28-26?. The number of carboxylic acid groups (broad SMARTS) is 1. The molecule has 37 heavy (non-hydrogen) atoms. The number of carboxylic acids is 1. The summed E-state index contributed by atoms with van der Waals surface area (Å²) in [5.74, 6) is -0.680. The smallest absolute Gasteiger partial charge is 0.335 e. The summed E-state index contributed by atoms with van der Waals surface area (Å²) in [7, 11) is 0. The molecule has 3 aromatic carbocycles. The highest BCUT2D eigenvalue weighted by Crippen LogP contribution is 2.36. The zero-order valence-electron chi connectivity index (χ0n) is 19.5. The van der Waals surface area contributed by atoms with Crippen LogP contribution in [0.4, 0.5) is 11.4 Å². The molecule has 1 N–H and O–H groups in total. The Kier molecular flexibility index (Phi) is 8.04. The molecule has 0 unspecified atom stereocenters. The molecule has 1 amide bonds. The second-order valence-corrected chi connectivity index (χ2v) is 9.73. The van der Waals surface area contributed by atoms with Crippen LogP contribution in [0, 0.1) is 10.1 Å². The Morgan fingerprint density at radius 1 is 1.16 bits per heavy atom. The minimum atomic E-state index is -1.02. The van der Waals surface area contributed by atoms with Crippen LogP contribution >= 0.6 is 27.7 Å². The van der Waals surface area contributed by atoms with Gasteiger partial charge in [0.1, 0.15) is 12.4 Å². The van der Waals surface area contributed by atoms with E-state index in [0.29, 0.717) is 33.6 Å². The van der Waals surface area contributed by atoms with Gasteiger partial charge in [-0.2, -0.15) is 0 Å². The number of nitro groups is 1. The van der Waals surface area contributed by atoms with Crippen molar-refractivity contribution in [2.75, 3.05) is 6.54 Å². The van der Waals surface area contributed by atoms with Crippen molar-refractivity contribution in [1.82, 2.24) is 4.90 Å². The Balaban J connectivity index is 1.58. The number of likely N-dealkylation sites (N-methyl/N-ethyl adjacent to an activating group) is 1. The maximum atomic E-state index is 13.1. The number of nitro benzene ring substituents is 1. The van der Waals surface area contributed by atoms with E-state index in [4.69, 9.17) is 9.84 Å². The third-order valence-corrected chi connectivity index (χ3v) is 6.84. The summed E-state index contributed by atoms with van der Waals surface area (Å²) in [6, 6.07) is 17.7. The van der Waals surface area contributed by atoms with E-state index in [0.717, 1.165) is 10.0 Å². The van der Waals surface area contributed by atoms with Crippen molar-refractivity contribution in [1.29, 1.82) is 0 Å². The molecule has 0 spiro atoms. The number of amidine groups is 1. The summed E-state index contributed by atoms with van der Waals surface area (Å²) in [6.07, 6.45) is 1.74. The molecule has 0 aliphatic carbocycles. The van der Waals surface area contributed by atoms with Gasteiger partial charge in [0.2, 0.25) is 0 Å². The molecule has 9 nitrogen and oxygen atoms in total. The largest absolute Gasteiger partial charge is 0.488 e. The molecule has 1 heterocycles. The number of halogens is 1. The zero-order valence-corrected chi connectivity index (χ0v) is 21.9. The highest BCUT2D eigenvalue weighted by atomic mass is 79.9. The third-order valence-electron chi connectivity index (χ3n) is 5.34. The second-order valence-electron chi connectivity index (χ2n) is 7.80. The first-order chi connectivity index (χ1) is 17.7. The van der Waals surface area contributed by atoms with Crippen LogP contribution < -0.4 is 4.74 Å². The van der Waals surface area contributed by atoms with Crippen molar-refractivity contribution in [2.24, 2.45) is 4.99 Å². The Bertz CT molecular complexity index is 1420. The van der Waals surface area contributed by atoms with Crippen molar-refractivity contribution < 1.29 is 24.4 Å². The highest BCUT2D eigenvalue weighted by molar-refractivity contribution is 9.10. The number of carbonyl (C=O) groups is 2. The van der Waals surface area contributed by atoms with Gasteiger partial charge in [-0.25, -0.2) is 9.79 Å². The first-order valence-corrected chi connectivity index (χ1v) is 12.6. The number of benzene rings is 3. The highest BCUT2D eigenvalue weighted by Gasteiger charge is 2.32. The molecule has 0 atom stereocenters. The van der Waals surface area contributed by atoms with Crippen molar-refractivity contribution in [3.63, 3.8) is 0 Å². The fourth-order valence-electron chi connectivity index (χ4n) is 3.44. The van der Waals surface area contributed by atoms with Crippen molar-refractivity contribution in [2.45, 2.75) is 13.5 Å². The first kappa shape index (κ1) is 26.1. The molecule has 188 valence electrons. The van der Waals surface area contributed by atoms with Gasteiger partial charge in [0.05, 0.1) is 21.1 Å². The van der Waals surface area contributed by atoms with Gasteiger partial charge < -0.3 is 9.84 Å². The fraction of sp³-hybridized carbons (Fsp3) is 0.115. The molecular formula is C26H20BrN3O6S. The average Bonchev–Trinajstić information content (AvgIpc) is 3.17. The Morgan fingerprint density at radius 2 is 1.86 bits per heavy atom. The number of amides is 1. The van der Waals surface area contributed by atoms with Crippen LogP contribution in [0.2, 0.25) is 0 Å². The molecule has 1 aliphatic heterocycles. The number of aromatic carboxylic acids is 1. The molecule has 0 aromatic heterocycles. The average molecular weight is 582 g/mol. The van der Waals surface area contributed by atoms with E-state index < -0.39 is 10.9 Å². The van der Waals surface area contributed by atoms with Crippen molar-refractivity contribution in [3.05, 3.63) is 103 Å². The van der Waals surface area contributed by atoms with Crippen LogP contribution in [0.3, 0.4) is 0 Å². The number of rotatable bonds is 8. The van der Waals surface area contributed by atoms with Gasteiger partial charge in [-0.15, -0.1) is 0 Å².